The predicted octanol–water partition coefficient (Wildman–Crippen LogP) is 4.77. The molecule has 174 valence electrons. The van der Waals surface area contributed by atoms with Crippen molar-refractivity contribution >= 4 is 33.6 Å². The van der Waals surface area contributed by atoms with Crippen LogP contribution in [-0.4, -0.2) is 37.1 Å². The fourth-order valence-corrected chi connectivity index (χ4v) is 5.86. The second kappa shape index (κ2) is 9.12. The summed E-state index contributed by atoms with van der Waals surface area (Å²) in [6.45, 7) is 8.85. The van der Waals surface area contributed by atoms with E-state index in [1.807, 2.05) is 4.90 Å². The van der Waals surface area contributed by atoms with Crippen LogP contribution in [0.3, 0.4) is 0 Å². The summed E-state index contributed by atoms with van der Waals surface area (Å²) >= 11 is 1.46. The molecule has 8 nitrogen and oxygen atoms in total. The molecular formula is C24H28N4O4S. The molecule has 2 heterocycles. The Hall–Kier alpha value is -2.96. The van der Waals surface area contributed by atoms with Crippen molar-refractivity contribution in [3.8, 4) is 6.07 Å². The molecule has 1 aromatic heterocycles. The standard InChI is InChI=1S/C24H28N4O4S/c1-24(2,3)16-5-6-17-18(14-25)23(33-21(17)13-16)26-22(29)15-4-7-19(20(12-15)28(30)31)27-8-10-32-11-9-27/h4,7,12,16H,5-6,8-11,13H2,1-3H3,(H,26,29). The first-order chi connectivity index (χ1) is 15.7. The zero-order valence-corrected chi connectivity index (χ0v) is 20.0. The molecule has 0 bridgehead atoms. The van der Waals surface area contributed by atoms with Gasteiger partial charge in [-0.05, 0) is 48.3 Å². The Kier molecular flexibility index (Phi) is 6.41. The maximum atomic E-state index is 13.0. The van der Waals surface area contributed by atoms with Gasteiger partial charge in [0.05, 0.1) is 23.7 Å². The fraction of sp³-hybridized carbons (Fsp3) is 0.500. The van der Waals surface area contributed by atoms with E-state index >= 15 is 0 Å². The van der Waals surface area contributed by atoms with Crippen molar-refractivity contribution in [2.75, 3.05) is 36.5 Å². The molecule has 0 spiro atoms. The second-order valence-electron chi connectivity index (χ2n) is 9.64. The number of carbonyl (C=O) groups excluding carboxylic acids is 1. The minimum Gasteiger partial charge on any atom is -0.378 e. The third-order valence-electron chi connectivity index (χ3n) is 6.61. The molecule has 33 heavy (non-hydrogen) atoms. The number of amides is 1. The van der Waals surface area contributed by atoms with Crippen molar-refractivity contribution in [2.24, 2.45) is 11.3 Å². The van der Waals surface area contributed by atoms with E-state index in [4.69, 9.17) is 4.74 Å². The van der Waals surface area contributed by atoms with E-state index < -0.39 is 10.8 Å². The van der Waals surface area contributed by atoms with Crippen molar-refractivity contribution in [2.45, 2.75) is 40.0 Å². The van der Waals surface area contributed by atoms with Crippen molar-refractivity contribution < 1.29 is 14.5 Å². The van der Waals surface area contributed by atoms with Gasteiger partial charge in [0, 0.05) is 29.6 Å². The van der Waals surface area contributed by atoms with Gasteiger partial charge in [0.1, 0.15) is 16.8 Å². The van der Waals surface area contributed by atoms with E-state index in [1.165, 1.54) is 17.4 Å². The molecule has 1 aliphatic heterocycles. The number of morpholine rings is 1. The number of ether oxygens (including phenoxy) is 1. The van der Waals surface area contributed by atoms with Crippen molar-refractivity contribution in [3.05, 3.63) is 49.9 Å². The molecule has 1 atom stereocenters. The van der Waals surface area contributed by atoms with Gasteiger partial charge in [-0.25, -0.2) is 0 Å². The van der Waals surface area contributed by atoms with Crippen LogP contribution in [0.15, 0.2) is 18.2 Å². The third-order valence-corrected chi connectivity index (χ3v) is 7.78. The second-order valence-corrected chi connectivity index (χ2v) is 10.7. The lowest BCUT2D eigenvalue weighted by molar-refractivity contribution is -0.384. The van der Waals surface area contributed by atoms with Crippen LogP contribution in [-0.2, 0) is 17.6 Å². The number of hydrogen-bond donors (Lipinski definition) is 1. The zero-order chi connectivity index (χ0) is 23.8. The summed E-state index contributed by atoms with van der Waals surface area (Å²) in [7, 11) is 0. The smallest absolute Gasteiger partial charge is 0.293 e. The lowest BCUT2D eigenvalue weighted by atomic mass is 9.72. The molecule has 9 heteroatoms. The van der Waals surface area contributed by atoms with Crippen LogP contribution in [0.1, 0.15) is 53.6 Å². The average Bonchev–Trinajstić information content (AvgIpc) is 3.14. The summed E-state index contributed by atoms with van der Waals surface area (Å²) in [4.78, 5) is 27.3. The molecule has 0 saturated carbocycles. The molecule has 0 radical (unpaired) electrons. The number of nitrogens with zero attached hydrogens (tertiary/aromatic N) is 3. The van der Waals surface area contributed by atoms with Gasteiger partial charge in [-0.15, -0.1) is 11.3 Å². The summed E-state index contributed by atoms with van der Waals surface area (Å²) in [6, 6.07) is 6.80. The molecule has 1 aliphatic carbocycles. The first-order valence-corrected chi connectivity index (χ1v) is 12.0. The first kappa shape index (κ1) is 23.2. The van der Waals surface area contributed by atoms with Gasteiger partial charge in [0.25, 0.3) is 11.6 Å². The SMILES string of the molecule is CC(C)(C)C1CCc2c(sc(NC(=O)c3ccc(N4CCOCC4)c([N+](=O)[O-])c3)c2C#N)C1. The Balaban J connectivity index is 1.59. The van der Waals surface area contributed by atoms with Crippen LogP contribution in [0, 0.1) is 32.8 Å². The topological polar surface area (TPSA) is 108 Å². The fourth-order valence-electron chi connectivity index (χ4n) is 4.59. The van der Waals surface area contributed by atoms with Crippen LogP contribution in [0.5, 0.6) is 0 Å². The summed E-state index contributed by atoms with van der Waals surface area (Å²) in [5.41, 5.74) is 2.31. The molecule has 1 saturated heterocycles. The number of nitro benzene ring substituents is 1. The molecule has 1 aromatic carbocycles. The molecule has 1 amide bonds. The van der Waals surface area contributed by atoms with Crippen molar-refractivity contribution in [1.82, 2.24) is 0 Å². The van der Waals surface area contributed by atoms with Crippen molar-refractivity contribution in [3.63, 3.8) is 0 Å². The number of hydrogen-bond acceptors (Lipinski definition) is 7. The minimum atomic E-state index is -0.460. The Morgan fingerprint density at radius 2 is 2.06 bits per heavy atom. The molecule has 1 N–H and O–H groups in total. The van der Waals surface area contributed by atoms with Gasteiger partial charge in [-0.3, -0.25) is 14.9 Å². The highest BCUT2D eigenvalue weighted by Crippen LogP contribution is 2.44. The molecule has 2 aliphatic rings. The highest BCUT2D eigenvalue weighted by Gasteiger charge is 2.32. The number of benzene rings is 1. The number of nitrogens with one attached hydrogen (secondary N) is 1. The Bertz CT molecular complexity index is 1120. The first-order valence-electron chi connectivity index (χ1n) is 11.2. The lowest BCUT2D eigenvalue weighted by Crippen LogP contribution is -2.36. The quantitative estimate of drug-likeness (QED) is 0.511. The summed E-state index contributed by atoms with van der Waals surface area (Å²) in [6.07, 6.45) is 2.74. The van der Waals surface area contributed by atoms with Gasteiger partial charge in [-0.2, -0.15) is 5.26 Å². The number of carbonyl (C=O) groups is 1. The highest BCUT2D eigenvalue weighted by atomic mass is 32.1. The number of nitriles is 1. The Morgan fingerprint density at radius 3 is 2.70 bits per heavy atom. The van der Waals surface area contributed by atoms with E-state index in [-0.39, 0.29) is 16.7 Å². The normalized spacial score (nSPS) is 18.4. The number of fused-ring (bicyclic) bond motifs is 1. The van der Waals surface area contributed by atoms with Gasteiger partial charge in [0.2, 0.25) is 0 Å². The number of nitro groups is 1. The molecular weight excluding hydrogens is 440 g/mol. The van der Waals surface area contributed by atoms with Gasteiger partial charge in [-0.1, -0.05) is 20.8 Å². The number of rotatable bonds is 4. The van der Waals surface area contributed by atoms with Crippen LogP contribution in [0.4, 0.5) is 16.4 Å². The summed E-state index contributed by atoms with van der Waals surface area (Å²) in [5.74, 6) is 0.0724. The van der Waals surface area contributed by atoms with Crippen LogP contribution in [0.2, 0.25) is 0 Å². The summed E-state index contributed by atoms with van der Waals surface area (Å²) < 4.78 is 5.33. The number of thiophene rings is 1. The van der Waals surface area contributed by atoms with E-state index in [9.17, 15) is 20.2 Å². The maximum Gasteiger partial charge on any atom is 0.293 e. The third kappa shape index (κ3) is 4.72. The zero-order valence-electron chi connectivity index (χ0n) is 19.1. The van der Waals surface area contributed by atoms with Gasteiger partial charge < -0.3 is 15.0 Å². The Morgan fingerprint density at radius 1 is 1.33 bits per heavy atom. The maximum absolute atomic E-state index is 13.0. The monoisotopic (exact) mass is 468 g/mol. The van der Waals surface area contributed by atoms with E-state index in [0.717, 1.165) is 29.7 Å². The molecule has 4 rings (SSSR count). The van der Waals surface area contributed by atoms with Crippen LogP contribution in [0.25, 0.3) is 0 Å². The van der Waals surface area contributed by atoms with E-state index in [1.54, 1.807) is 12.1 Å². The molecule has 1 unspecified atom stereocenters. The van der Waals surface area contributed by atoms with Gasteiger partial charge >= 0.3 is 0 Å². The van der Waals surface area contributed by atoms with Gasteiger partial charge in [0.15, 0.2) is 0 Å². The van der Waals surface area contributed by atoms with Crippen LogP contribution < -0.4 is 10.2 Å². The predicted molar refractivity (Wildman–Crippen MR) is 128 cm³/mol. The molecule has 1 fully saturated rings. The minimum absolute atomic E-state index is 0.108. The van der Waals surface area contributed by atoms with Crippen LogP contribution >= 0.6 is 11.3 Å². The average molecular weight is 469 g/mol. The van der Waals surface area contributed by atoms with E-state index in [0.29, 0.717) is 48.5 Å². The lowest BCUT2D eigenvalue weighted by Gasteiger charge is -2.33. The summed E-state index contributed by atoms with van der Waals surface area (Å²) in [5, 5.41) is 24.9. The van der Waals surface area contributed by atoms with Crippen molar-refractivity contribution in [1.29, 1.82) is 5.26 Å². The van der Waals surface area contributed by atoms with E-state index in [2.05, 4.69) is 32.2 Å². The molecule has 2 aromatic rings. The highest BCUT2D eigenvalue weighted by molar-refractivity contribution is 7.16. The number of anilines is 2. The largest absolute Gasteiger partial charge is 0.378 e. The Labute approximate surface area is 197 Å².